The summed E-state index contributed by atoms with van der Waals surface area (Å²) >= 11 is 0. The Bertz CT molecular complexity index is 916. The summed E-state index contributed by atoms with van der Waals surface area (Å²) in [4.78, 5) is 27.5. The van der Waals surface area contributed by atoms with E-state index in [-0.39, 0.29) is 17.8 Å². The maximum atomic E-state index is 11.6. The second-order valence-corrected chi connectivity index (χ2v) is 5.90. The Kier molecular flexibility index (Phi) is 3.41. The lowest BCUT2D eigenvalue weighted by Crippen LogP contribution is -2.00. The number of rotatable bonds is 4. The van der Waals surface area contributed by atoms with Gasteiger partial charge in [0, 0.05) is 11.8 Å². The van der Waals surface area contributed by atoms with Crippen LogP contribution in [-0.4, -0.2) is 24.3 Å². The van der Waals surface area contributed by atoms with Gasteiger partial charge in [-0.2, -0.15) is 0 Å². The quantitative estimate of drug-likeness (QED) is 0.544. The number of oxazole rings is 1. The van der Waals surface area contributed by atoms with Crippen LogP contribution in [0.4, 0.5) is 0 Å². The molecule has 2 aromatic carbocycles. The average molecular weight is 321 g/mol. The first-order valence-electron chi connectivity index (χ1n) is 7.72. The third kappa shape index (κ3) is 2.29. The van der Waals surface area contributed by atoms with Gasteiger partial charge in [-0.05, 0) is 23.8 Å². The summed E-state index contributed by atoms with van der Waals surface area (Å²) in [5.74, 6) is 0.0310. The zero-order valence-electron chi connectivity index (χ0n) is 13.0. The Labute approximate surface area is 138 Å². The lowest BCUT2D eigenvalue weighted by Gasteiger charge is -1.97. The molecule has 0 N–H and O–H groups in total. The van der Waals surface area contributed by atoms with Crippen LogP contribution in [0.25, 0.3) is 11.1 Å². The molecule has 120 valence electrons. The summed E-state index contributed by atoms with van der Waals surface area (Å²) in [5, 5.41) is 0. The number of fused-ring (bicyclic) bond motifs is 1. The molecule has 0 saturated heterocycles. The topological polar surface area (TPSA) is 69.4 Å². The molecule has 1 fully saturated rings. The van der Waals surface area contributed by atoms with Gasteiger partial charge in [-0.25, -0.2) is 9.78 Å². The van der Waals surface area contributed by atoms with Crippen LogP contribution in [-0.2, 0) is 9.53 Å². The number of hydrogen-bond acceptors (Lipinski definition) is 5. The number of benzene rings is 2. The van der Waals surface area contributed by atoms with Crippen LogP contribution in [0.2, 0.25) is 0 Å². The number of methoxy groups -OCH3 is 1. The minimum atomic E-state index is -0.422. The van der Waals surface area contributed by atoms with E-state index in [4.69, 9.17) is 9.15 Å². The number of ether oxygens (including phenoxy) is 1. The van der Waals surface area contributed by atoms with Gasteiger partial charge in [0.2, 0.25) is 0 Å². The van der Waals surface area contributed by atoms with E-state index in [1.54, 1.807) is 18.2 Å². The van der Waals surface area contributed by atoms with E-state index >= 15 is 0 Å². The smallest absolute Gasteiger partial charge is 0.337 e. The molecular weight excluding hydrogens is 306 g/mol. The molecule has 1 aromatic heterocycles. The van der Waals surface area contributed by atoms with Crippen LogP contribution in [0.15, 0.2) is 52.9 Å². The molecule has 0 amide bonds. The Hall–Kier alpha value is -2.95. The van der Waals surface area contributed by atoms with Crippen LogP contribution in [0.1, 0.15) is 33.6 Å². The van der Waals surface area contributed by atoms with Crippen molar-refractivity contribution in [3.05, 3.63) is 65.5 Å². The Balaban J connectivity index is 1.69. The van der Waals surface area contributed by atoms with Gasteiger partial charge in [0.05, 0.1) is 18.6 Å². The molecular formula is C19H15NO4. The van der Waals surface area contributed by atoms with Gasteiger partial charge in [-0.15, -0.1) is 0 Å². The lowest BCUT2D eigenvalue weighted by molar-refractivity contribution is -0.109. The van der Waals surface area contributed by atoms with E-state index in [0.29, 0.717) is 22.6 Å². The van der Waals surface area contributed by atoms with Crippen LogP contribution in [0.3, 0.4) is 0 Å². The number of carbonyl (C=O) groups excluding carboxylic acids is 2. The van der Waals surface area contributed by atoms with Gasteiger partial charge in [-0.1, -0.05) is 30.3 Å². The Morgan fingerprint density at radius 3 is 2.67 bits per heavy atom. The fourth-order valence-corrected chi connectivity index (χ4v) is 3.26. The van der Waals surface area contributed by atoms with Crippen LogP contribution in [0, 0.1) is 5.92 Å². The highest BCUT2D eigenvalue weighted by atomic mass is 16.5. The molecule has 0 spiro atoms. The predicted octanol–water partition coefficient (Wildman–Crippen LogP) is 3.31. The third-order valence-corrected chi connectivity index (χ3v) is 4.53. The maximum absolute atomic E-state index is 11.6. The van der Waals surface area contributed by atoms with Crippen molar-refractivity contribution in [1.29, 1.82) is 0 Å². The van der Waals surface area contributed by atoms with Crippen molar-refractivity contribution < 1.29 is 18.7 Å². The first kappa shape index (κ1) is 14.6. The molecule has 3 aromatic rings. The largest absolute Gasteiger partial charge is 0.465 e. The SMILES string of the molecule is COC(=O)c1ccc2nc([C@H]3[C@H](C=O)[C@H]3c3ccccc3)oc2c1. The van der Waals surface area contributed by atoms with Gasteiger partial charge in [-0.3, -0.25) is 0 Å². The average Bonchev–Trinajstić information content (AvgIpc) is 3.22. The van der Waals surface area contributed by atoms with Gasteiger partial charge in [0.25, 0.3) is 0 Å². The molecule has 0 unspecified atom stereocenters. The first-order valence-corrected chi connectivity index (χ1v) is 7.72. The van der Waals surface area contributed by atoms with Crippen molar-refractivity contribution >= 4 is 23.4 Å². The molecule has 24 heavy (non-hydrogen) atoms. The fourth-order valence-electron chi connectivity index (χ4n) is 3.26. The normalized spacial score (nSPS) is 22.3. The number of esters is 1. The predicted molar refractivity (Wildman–Crippen MR) is 86.8 cm³/mol. The second-order valence-electron chi connectivity index (χ2n) is 5.90. The molecule has 0 aliphatic heterocycles. The van der Waals surface area contributed by atoms with Gasteiger partial charge in [0.1, 0.15) is 11.8 Å². The fraction of sp³-hybridized carbons (Fsp3) is 0.211. The van der Waals surface area contributed by atoms with Crippen LogP contribution >= 0.6 is 0 Å². The monoisotopic (exact) mass is 321 g/mol. The van der Waals surface area contributed by atoms with E-state index in [9.17, 15) is 9.59 Å². The van der Waals surface area contributed by atoms with Crippen LogP contribution < -0.4 is 0 Å². The number of carbonyl (C=O) groups is 2. The summed E-state index contributed by atoms with van der Waals surface area (Å²) < 4.78 is 10.5. The molecule has 3 atom stereocenters. The second kappa shape index (κ2) is 5.60. The van der Waals surface area contributed by atoms with E-state index in [1.165, 1.54) is 7.11 Å². The Morgan fingerprint density at radius 1 is 1.17 bits per heavy atom. The number of nitrogens with zero attached hydrogens (tertiary/aromatic N) is 1. The van der Waals surface area contributed by atoms with E-state index in [1.807, 2.05) is 30.3 Å². The highest BCUT2D eigenvalue weighted by Crippen LogP contribution is 2.59. The molecule has 1 heterocycles. The van der Waals surface area contributed by atoms with Crippen molar-refractivity contribution in [2.75, 3.05) is 7.11 Å². The van der Waals surface area contributed by atoms with E-state index < -0.39 is 5.97 Å². The Morgan fingerprint density at radius 2 is 1.96 bits per heavy atom. The summed E-state index contributed by atoms with van der Waals surface area (Å²) in [6, 6.07) is 14.9. The minimum absolute atomic E-state index is 0.0566. The van der Waals surface area contributed by atoms with Crippen LogP contribution in [0.5, 0.6) is 0 Å². The molecule has 1 saturated carbocycles. The van der Waals surface area contributed by atoms with Gasteiger partial charge in [0.15, 0.2) is 11.5 Å². The highest BCUT2D eigenvalue weighted by molar-refractivity contribution is 5.93. The third-order valence-electron chi connectivity index (χ3n) is 4.53. The van der Waals surface area contributed by atoms with Crippen molar-refractivity contribution in [2.24, 2.45) is 5.92 Å². The molecule has 5 nitrogen and oxygen atoms in total. The molecule has 0 radical (unpaired) electrons. The van der Waals surface area contributed by atoms with Crippen molar-refractivity contribution in [3.63, 3.8) is 0 Å². The number of aldehydes is 1. The summed E-state index contributed by atoms with van der Waals surface area (Å²) in [7, 11) is 1.33. The zero-order valence-corrected chi connectivity index (χ0v) is 13.0. The maximum Gasteiger partial charge on any atom is 0.337 e. The number of aromatic nitrogens is 1. The summed E-state index contributed by atoms with van der Waals surface area (Å²) in [6.07, 6.45) is 0.969. The van der Waals surface area contributed by atoms with E-state index in [0.717, 1.165) is 11.8 Å². The van der Waals surface area contributed by atoms with Crippen molar-refractivity contribution in [3.8, 4) is 0 Å². The van der Waals surface area contributed by atoms with Crippen molar-refractivity contribution in [1.82, 2.24) is 4.98 Å². The van der Waals surface area contributed by atoms with E-state index in [2.05, 4.69) is 4.98 Å². The molecule has 0 bridgehead atoms. The molecule has 1 aliphatic rings. The molecule has 5 heteroatoms. The van der Waals surface area contributed by atoms with Gasteiger partial charge >= 0.3 is 5.97 Å². The summed E-state index contributed by atoms with van der Waals surface area (Å²) in [6.45, 7) is 0. The lowest BCUT2D eigenvalue weighted by atomic mass is 10.1. The standard InChI is InChI=1S/C19H15NO4/c1-23-19(22)12-7-8-14-15(9-12)24-18(20-14)17-13(10-21)16(17)11-5-3-2-4-6-11/h2-10,13,16-17H,1H3/t13-,16-,17+/m1/s1. The number of hydrogen-bond donors (Lipinski definition) is 0. The first-order chi connectivity index (χ1) is 11.7. The highest BCUT2D eigenvalue weighted by Gasteiger charge is 2.54. The minimum Gasteiger partial charge on any atom is -0.465 e. The molecule has 1 aliphatic carbocycles. The zero-order chi connectivity index (χ0) is 16.7. The summed E-state index contributed by atoms with van der Waals surface area (Å²) in [5.41, 5.74) is 2.71. The molecule has 4 rings (SSSR count). The van der Waals surface area contributed by atoms with Gasteiger partial charge < -0.3 is 13.9 Å². The van der Waals surface area contributed by atoms with Crippen molar-refractivity contribution in [2.45, 2.75) is 11.8 Å².